The number of aromatic nitrogens is 4. The molecule has 18 heteroatoms. The van der Waals surface area contributed by atoms with Gasteiger partial charge in [0.2, 0.25) is 27.9 Å². The van der Waals surface area contributed by atoms with Gasteiger partial charge >= 0.3 is 6.03 Å². The summed E-state index contributed by atoms with van der Waals surface area (Å²) >= 11 is 0. The highest BCUT2D eigenvalue weighted by molar-refractivity contribution is 7.90. The molecule has 56 heavy (non-hydrogen) atoms. The summed E-state index contributed by atoms with van der Waals surface area (Å²) in [5, 5.41) is 15.6. The second-order valence-corrected chi connectivity index (χ2v) is 17.7. The quantitative estimate of drug-likeness (QED) is 0.121. The van der Waals surface area contributed by atoms with Crippen LogP contribution in [0.25, 0.3) is 0 Å². The number of urea groups is 1. The van der Waals surface area contributed by atoms with Gasteiger partial charge in [0.25, 0.3) is 10.0 Å². The van der Waals surface area contributed by atoms with Gasteiger partial charge in [-0.3, -0.25) is 0 Å². The summed E-state index contributed by atoms with van der Waals surface area (Å²) in [7, 11) is -7.82. The zero-order chi connectivity index (χ0) is 41.4. The van der Waals surface area contributed by atoms with Gasteiger partial charge in [0.05, 0.1) is 31.3 Å². The zero-order valence-electron chi connectivity index (χ0n) is 33.1. The number of nitrogens with one attached hydrogen (secondary N) is 2. The summed E-state index contributed by atoms with van der Waals surface area (Å²) in [4.78, 5) is 26.7. The van der Waals surface area contributed by atoms with E-state index in [0.717, 1.165) is 40.8 Å². The van der Waals surface area contributed by atoms with Gasteiger partial charge in [0.1, 0.15) is 0 Å². The fourth-order valence-electron chi connectivity index (χ4n) is 6.17. The molecule has 0 spiro atoms. The molecular formula is C38H52N8O8S2. The Morgan fingerprint density at radius 3 is 1.61 bits per heavy atom. The number of sulfonamides is 2. The highest BCUT2D eigenvalue weighted by atomic mass is 32.2. The number of anilines is 1. The first-order valence-electron chi connectivity index (χ1n) is 18.4. The Kier molecular flexibility index (Phi) is 14.6. The Bertz CT molecular complexity index is 2220. The van der Waals surface area contributed by atoms with Crippen LogP contribution in [-0.4, -0.2) is 61.7 Å². The highest BCUT2D eigenvalue weighted by Gasteiger charge is 2.29. The predicted molar refractivity (Wildman–Crippen MR) is 212 cm³/mol. The summed E-state index contributed by atoms with van der Waals surface area (Å²) in [6.07, 6.45) is 5.66. The number of isocyanates is 1. The van der Waals surface area contributed by atoms with E-state index in [9.17, 15) is 26.4 Å². The number of primary sulfonamides is 1. The minimum atomic E-state index is -4.11. The second kappa shape index (κ2) is 18.7. The van der Waals surface area contributed by atoms with Crippen molar-refractivity contribution >= 4 is 43.5 Å². The normalized spacial score (nSPS) is 13.6. The average Bonchev–Trinajstić information content (AvgIpc) is 3.78. The van der Waals surface area contributed by atoms with Gasteiger partial charge in [-0.15, -0.1) is 0 Å². The molecule has 0 saturated heterocycles. The summed E-state index contributed by atoms with van der Waals surface area (Å²) in [6.45, 7) is 18.7. The van der Waals surface area contributed by atoms with Crippen molar-refractivity contribution in [3.63, 3.8) is 0 Å². The molecule has 2 aliphatic rings. The van der Waals surface area contributed by atoms with Crippen molar-refractivity contribution in [2.24, 2.45) is 10.1 Å². The minimum absolute atomic E-state index is 0.0350. The molecule has 0 aliphatic carbocycles. The number of ether oxygens (including phenoxy) is 2. The molecule has 6 rings (SSSR count). The van der Waals surface area contributed by atoms with E-state index in [-0.39, 0.29) is 33.4 Å². The van der Waals surface area contributed by atoms with Crippen molar-refractivity contribution in [3.05, 3.63) is 71.0 Å². The monoisotopic (exact) mass is 812 g/mol. The SMILES string of the molecule is CC(C)c1cccc(C(C)C)c1N=C=O.CC(C)c1cccc(C(C)C)c1NC(=O)NS(=O)(=O)c1cnn2c1OCCC2.NS(=O)(=O)c1cnn2c1OCCC2. The number of nitrogens with zero attached hydrogens (tertiary/aromatic N) is 5. The third-order valence-corrected chi connectivity index (χ3v) is 11.2. The van der Waals surface area contributed by atoms with Gasteiger partial charge in [0, 0.05) is 31.6 Å². The molecular weight excluding hydrogens is 761 g/mol. The number of hydrogen-bond acceptors (Lipinski definition) is 11. The topological polar surface area (TPSA) is 219 Å². The number of aryl methyl sites for hydroxylation is 2. The smallest absolute Gasteiger partial charge is 0.333 e. The van der Waals surface area contributed by atoms with Crippen LogP contribution in [0.15, 0.2) is 63.6 Å². The number of carbonyl (C=O) groups excluding carboxylic acids is 2. The number of rotatable bonds is 9. The number of aliphatic imine (C=N–C) groups is 1. The fourth-order valence-corrected chi connectivity index (χ4v) is 7.75. The number of fused-ring (bicyclic) bond motifs is 2. The molecule has 0 bridgehead atoms. The van der Waals surface area contributed by atoms with E-state index in [4.69, 9.17) is 14.6 Å². The van der Waals surface area contributed by atoms with Crippen molar-refractivity contribution in [2.75, 3.05) is 18.5 Å². The number of carbonyl (C=O) groups is 1. The number of amides is 2. The van der Waals surface area contributed by atoms with Gasteiger partial charge in [-0.1, -0.05) is 91.8 Å². The number of para-hydroxylation sites is 2. The molecule has 0 saturated carbocycles. The molecule has 16 nitrogen and oxygen atoms in total. The Morgan fingerprint density at radius 1 is 0.750 bits per heavy atom. The molecule has 0 radical (unpaired) electrons. The van der Waals surface area contributed by atoms with Crippen LogP contribution in [0.1, 0.15) is 114 Å². The van der Waals surface area contributed by atoms with Crippen LogP contribution < -0.4 is 24.7 Å². The Hall–Kier alpha value is -5.03. The zero-order valence-corrected chi connectivity index (χ0v) is 34.7. The first kappa shape index (κ1) is 43.7. The number of nitrogens with two attached hydrogens (primary N) is 1. The standard InChI is InChI=1S/C19H26N4O4S.C13H17NO.C6H9N3O3S/c1-12(2)14-7-5-8-15(13(3)4)17(14)21-19(24)22-28(25,26)16-11-20-23-9-6-10-27-18(16)23;1-9(2)11-6-5-7-12(10(3)4)13(11)14-8-15;7-13(10,11)5-4-8-9-2-1-3-12-6(5)9/h5,7-8,11-13H,6,9-10H2,1-4H3,(H2,21,22,24);5-7,9-10H,1-4H3;4H,1-3H2,(H2,7,10,11). The van der Waals surface area contributed by atoms with E-state index in [1.165, 1.54) is 21.8 Å². The van der Waals surface area contributed by atoms with Crippen LogP contribution in [0.4, 0.5) is 16.2 Å². The Morgan fingerprint density at radius 2 is 1.18 bits per heavy atom. The van der Waals surface area contributed by atoms with Crippen molar-refractivity contribution in [1.29, 1.82) is 0 Å². The van der Waals surface area contributed by atoms with Gasteiger partial charge in [-0.25, -0.2) is 45.6 Å². The molecule has 0 unspecified atom stereocenters. The first-order chi connectivity index (χ1) is 26.4. The summed E-state index contributed by atoms with van der Waals surface area (Å²) < 4.78 is 63.1. The van der Waals surface area contributed by atoms with E-state index >= 15 is 0 Å². The second-order valence-electron chi connectivity index (χ2n) is 14.5. The third-order valence-electron chi connectivity index (χ3n) is 8.96. The van der Waals surface area contributed by atoms with Gasteiger partial charge < -0.3 is 14.8 Å². The van der Waals surface area contributed by atoms with Gasteiger partial charge in [0.15, 0.2) is 9.79 Å². The molecule has 0 fully saturated rings. The van der Waals surface area contributed by atoms with Crippen molar-refractivity contribution in [3.8, 4) is 11.8 Å². The molecule has 2 aliphatic heterocycles. The van der Waals surface area contributed by atoms with Crippen LogP contribution in [-0.2, 0) is 37.9 Å². The van der Waals surface area contributed by atoms with Crippen molar-refractivity contribution < 1.29 is 35.9 Å². The van der Waals surface area contributed by atoms with E-state index in [0.29, 0.717) is 43.8 Å². The van der Waals surface area contributed by atoms with Crippen LogP contribution in [0.3, 0.4) is 0 Å². The van der Waals surface area contributed by atoms with E-state index in [2.05, 4.69) is 52.9 Å². The lowest BCUT2D eigenvalue weighted by atomic mass is 9.93. The molecule has 2 amide bonds. The highest BCUT2D eigenvalue weighted by Crippen LogP contribution is 2.35. The van der Waals surface area contributed by atoms with Crippen molar-refractivity contribution in [2.45, 2.75) is 115 Å². The average molecular weight is 813 g/mol. The largest absolute Gasteiger partial charge is 0.477 e. The van der Waals surface area contributed by atoms with E-state index in [1.54, 1.807) is 6.08 Å². The third kappa shape index (κ3) is 10.6. The van der Waals surface area contributed by atoms with E-state index < -0.39 is 26.1 Å². The Labute approximate surface area is 329 Å². The van der Waals surface area contributed by atoms with Crippen LogP contribution in [0.2, 0.25) is 0 Å². The summed E-state index contributed by atoms with van der Waals surface area (Å²) in [5.41, 5.74) is 5.58. The maximum atomic E-state index is 12.7. The summed E-state index contributed by atoms with van der Waals surface area (Å²) in [6, 6.07) is 11.1. The van der Waals surface area contributed by atoms with Gasteiger partial charge in [-0.2, -0.15) is 15.2 Å². The maximum Gasteiger partial charge on any atom is 0.333 e. The minimum Gasteiger partial charge on any atom is -0.477 e. The molecule has 4 N–H and O–H groups in total. The molecule has 304 valence electrons. The van der Waals surface area contributed by atoms with E-state index in [1.807, 2.05) is 64.1 Å². The van der Waals surface area contributed by atoms with Crippen molar-refractivity contribution in [1.82, 2.24) is 24.3 Å². The van der Waals surface area contributed by atoms with Crippen LogP contribution >= 0.6 is 0 Å². The van der Waals surface area contributed by atoms with Gasteiger partial charge in [-0.05, 0) is 45.9 Å². The maximum absolute atomic E-state index is 12.7. The summed E-state index contributed by atoms with van der Waals surface area (Å²) in [5.74, 6) is 1.50. The molecule has 0 atom stereocenters. The molecule has 2 aromatic carbocycles. The van der Waals surface area contributed by atoms with Crippen LogP contribution in [0.5, 0.6) is 11.8 Å². The van der Waals surface area contributed by atoms with Crippen LogP contribution in [0, 0.1) is 0 Å². The number of hydrogen-bond donors (Lipinski definition) is 3. The lowest BCUT2D eigenvalue weighted by Gasteiger charge is -2.20. The lowest BCUT2D eigenvalue weighted by Crippen LogP contribution is -2.35. The molecule has 4 heterocycles. The fraction of sp³-hybridized carbons (Fsp3) is 0.474. The lowest BCUT2D eigenvalue weighted by molar-refractivity contribution is 0.224. The Balaban J connectivity index is 0.000000208. The first-order valence-corrected chi connectivity index (χ1v) is 21.5. The predicted octanol–water partition coefficient (Wildman–Crippen LogP) is 6.64. The molecule has 2 aromatic heterocycles. The molecule has 4 aromatic rings. The number of benzene rings is 2.